The van der Waals surface area contributed by atoms with Crippen LogP contribution in [-0.4, -0.2) is 30.0 Å². The highest BCUT2D eigenvalue weighted by molar-refractivity contribution is 5.96. The van der Waals surface area contributed by atoms with E-state index in [1.165, 1.54) is 0 Å². The van der Waals surface area contributed by atoms with Crippen molar-refractivity contribution in [3.8, 4) is 11.5 Å². The number of amides is 1. The number of aromatic nitrogens is 2. The lowest BCUT2D eigenvalue weighted by Crippen LogP contribution is -2.23. The monoisotopic (exact) mass is 302 g/mol. The van der Waals surface area contributed by atoms with Crippen LogP contribution in [0.15, 0.2) is 24.3 Å². The Labute approximate surface area is 128 Å². The maximum Gasteiger partial charge on any atom is 0.254 e. The molecule has 2 rings (SSSR count). The predicted octanol–water partition coefficient (Wildman–Crippen LogP) is 1.31. The molecule has 1 heterocycles. The molecule has 0 aliphatic rings. The summed E-state index contributed by atoms with van der Waals surface area (Å²) in [7, 11) is 3.11. The Hall–Kier alpha value is -2.83. The van der Waals surface area contributed by atoms with Crippen molar-refractivity contribution in [3.05, 3.63) is 41.2 Å². The number of nitrogen functional groups attached to an aromatic ring is 1. The van der Waals surface area contributed by atoms with Gasteiger partial charge in [0.05, 0.1) is 24.1 Å². The Kier molecular flexibility index (Phi) is 4.77. The smallest absolute Gasteiger partial charge is 0.254 e. The van der Waals surface area contributed by atoms with Gasteiger partial charge in [0.15, 0.2) is 11.5 Å². The molecule has 2 aromatic rings. The molecule has 116 valence electrons. The summed E-state index contributed by atoms with van der Waals surface area (Å²) in [4.78, 5) is 20.1. The van der Waals surface area contributed by atoms with Crippen LogP contribution in [0, 0.1) is 6.92 Å². The average molecular weight is 302 g/mol. The van der Waals surface area contributed by atoms with Gasteiger partial charge < -0.3 is 20.5 Å². The third kappa shape index (κ3) is 3.25. The standard InChI is InChI=1S/C15H18N4O3/c1-9-13(14(20)17-2)10(19-15(16)18-9)8-22-12-7-5-4-6-11(12)21-3/h4-7H,8H2,1-3H3,(H,17,20)(H2,16,18,19). The number of anilines is 1. The van der Waals surface area contributed by atoms with Gasteiger partial charge in [-0.3, -0.25) is 4.79 Å². The molecule has 1 aromatic carbocycles. The minimum Gasteiger partial charge on any atom is -0.493 e. The number of carbonyl (C=O) groups is 1. The highest BCUT2D eigenvalue weighted by atomic mass is 16.5. The Balaban J connectivity index is 2.31. The average Bonchev–Trinajstić information content (AvgIpc) is 2.52. The minimum absolute atomic E-state index is 0.0800. The lowest BCUT2D eigenvalue weighted by atomic mass is 10.1. The maximum absolute atomic E-state index is 12.0. The number of methoxy groups -OCH3 is 1. The van der Waals surface area contributed by atoms with Gasteiger partial charge in [-0.2, -0.15) is 0 Å². The van der Waals surface area contributed by atoms with Crippen molar-refractivity contribution in [2.75, 3.05) is 19.9 Å². The summed E-state index contributed by atoms with van der Waals surface area (Å²) in [6.07, 6.45) is 0. The minimum atomic E-state index is -0.281. The van der Waals surface area contributed by atoms with Crippen LogP contribution in [0.1, 0.15) is 21.7 Å². The number of hydrogen-bond acceptors (Lipinski definition) is 6. The van der Waals surface area contributed by atoms with E-state index in [2.05, 4.69) is 15.3 Å². The molecule has 0 unspecified atom stereocenters. The molecule has 0 fully saturated rings. The van der Waals surface area contributed by atoms with Gasteiger partial charge in [-0.1, -0.05) is 12.1 Å². The van der Waals surface area contributed by atoms with E-state index in [4.69, 9.17) is 15.2 Å². The molecule has 7 heteroatoms. The van der Waals surface area contributed by atoms with Gasteiger partial charge in [0.25, 0.3) is 5.91 Å². The zero-order chi connectivity index (χ0) is 16.1. The second-order valence-electron chi connectivity index (χ2n) is 4.51. The van der Waals surface area contributed by atoms with Crippen molar-refractivity contribution in [1.29, 1.82) is 0 Å². The Morgan fingerprint density at radius 2 is 1.95 bits per heavy atom. The normalized spacial score (nSPS) is 10.1. The van der Waals surface area contributed by atoms with Crippen LogP contribution in [-0.2, 0) is 6.61 Å². The Bertz CT molecular complexity index is 688. The first-order valence-corrected chi connectivity index (χ1v) is 6.67. The molecule has 0 bridgehead atoms. The lowest BCUT2D eigenvalue weighted by molar-refractivity contribution is 0.0959. The van der Waals surface area contributed by atoms with Gasteiger partial charge in [0.2, 0.25) is 5.95 Å². The van der Waals surface area contributed by atoms with Crippen molar-refractivity contribution in [1.82, 2.24) is 15.3 Å². The van der Waals surface area contributed by atoms with E-state index >= 15 is 0 Å². The fraction of sp³-hybridized carbons (Fsp3) is 0.267. The van der Waals surface area contributed by atoms with Gasteiger partial charge in [-0.25, -0.2) is 9.97 Å². The fourth-order valence-electron chi connectivity index (χ4n) is 2.06. The fourth-order valence-corrected chi connectivity index (χ4v) is 2.06. The molecular formula is C15H18N4O3. The van der Waals surface area contributed by atoms with Crippen LogP contribution in [0.5, 0.6) is 11.5 Å². The third-order valence-corrected chi connectivity index (χ3v) is 3.07. The van der Waals surface area contributed by atoms with Gasteiger partial charge in [-0.15, -0.1) is 0 Å². The van der Waals surface area contributed by atoms with Crippen molar-refractivity contribution in [3.63, 3.8) is 0 Å². The van der Waals surface area contributed by atoms with E-state index < -0.39 is 0 Å². The first-order chi connectivity index (χ1) is 10.6. The molecule has 0 saturated carbocycles. The highest BCUT2D eigenvalue weighted by Gasteiger charge is 2.18. The number of benzene rings is 1. The van der Waals surface area contributed by atoms with Gasteiger partial charge in [0.1, 0.15) is 6.61 Å². The first kappa shape index (κ1) is 15.6. The van der Waals surface area contributed by atoms with Crippen molar-refractivity contribution in [2.24, 2.45) is 0 Å². The van der Waals surface area contributed by atoms with Crippen molar-refractivity contribution < 1.29 is 14.3 Å². The second-order valence-corrected chi connectivity index (χ2v) is 4.51. The largest absolute Gasteiger partial charge is 0.493 e. The van der Waals surface area contributed by atoms with E-state index in [-0.39, 0.29) is 18.5 Å². The van der Waals surface area contributed by atoms with Crippen LogP contribution in [0.4, 0.5) is 5.95 Å². The number of carbonyl (C=O) groups excluding carboxylic acids is 1. The molecule has 0 spiro atoms. The van der Waals surface area contributed by atoms with Gasteiger partial charge in [-0.05, 0) is 19.1 Å². The summed E-state index contributed by atoms with van der Waals surface area (Å²) in [5.74, 6) is 0.977. The number of nitrogens with zero attached hydrogens (tertiary/aromatic N) is 2. The molecular weight excluding hydrogens is 284 g/mol. The molecule has 0 radical (unpaired) electrons. The molecule has 22 heavy (non-hydrogen) atoms. The number of aryl methyl sites for hydroxylation is 1. The van der Waals surface area contributed by atoms with Crippen LogP contribution < -0.4 is 20.5 Å². The number of para-hydroxylation sites is 2. The molecule has 3 N–H and O–H groups in total. The summed E-state index contributed by atoms with van der Waals surface area (Å²) in [5, 5.41) is 2.56. The van der Waals surface area contributed by atoms with Gasteiger partial charge in [0, 0.05) is 7.05 Å². The SMILES string of the molecule is CNC(=O)c1c(C)nc(N)nc1COc1ccccc1OC. The summed E-state index contributed by atoms with van der Waals surface area (Å²) in [5.41, 5.74) is 6.96. The van der Waals surface area contributed by atoms with Crippen LogP contribution >= 0.6 is 0 Å². The maximum atomic E-state index is 12.0. The van der Waals surface area contributed by atoms with Crippen molar-refractivity contribution >= 4 is 11.9 Å². The van der Waals surface area contributed by atoms with E-state index in [9.17, 15) is 4.79 Å². The summed E-state index contributed by atoms with van der Waals surface area (Å²) < 4.78 is 10.9. The first-order valence-electron chi connectivity index (χ1n) is 6.67. The van der Waals surface area contributed by atoms with Crippen molar-refractivity contribution in [2.45, 2.75) is 13.5 Å². The van der Waals surface area contributed by atoms with Gasteiger partial charge >= 0.3 is 0 Å². The molecule has 1 aromatic heterocycles. The molecule has 0 aliphatic carbocycles. The number of rotatable bonds is 5. The molecule has 0 atom stereocenters. The number of nitrogens with two attached hydrogens (primary N) is 1. The van der Waals surface area contributed by atoms with Crippen LogP contribution in [0.2, 0.25) is 0 Å². The number of ether oxygens (including phenoxy) is 2. The summed E-state index contributed by atoms with van der Waals surface area (Å²) in [6, 6.07) is 7.23. The van der Waals surface area contributed by atoms with Crippen LogP contribution in [0.25, 0.3) is 0 Å². The topological polar surface area (TPSA) is 99.4 Å². The number of nitrogens with one attached hydrogen (secondary N) is 1. The van der Waals surface area contributed by atoms with E-state index in [1.54, 1.807) is 33.2 Å². The summed E-state index contributed by atoms with van der Waals surface area (Å²) in [6.45, 7) is 1.78. The molecule has 1 amide bonds. The van der Waals surface area contributed by atoms with Crippen LogP contribution in [0.3, 0.4) is 0 Å². The zero-order valence-corrected chi connectivity index (χ0v) is 12.7. The Morgan fingerprint density at radius 3 is 2.59 bits per heavy atom. The molecule has 0 aliphatic heterocycles. The molecule has 0 saturated heterocycles. The number of hydrogen-bond donors (Lipinski definition) is 2. The zero-order valence-electron chi connectivity index (χ0n) is 12.7. The van der Waals surface area contributed by atoms with E-state index in [0.717, 1.165) is 0 Å². The summed E-state index contributed by atoms with van der Waals surface area (Å²) >= 11 is 0. The quantitative estimate of drug-likeness (QED) is 0.864. The highest BCUT2D eigenvalue weighted by Crippen LogP contribution is 2.27. The second kappa shape index (κ2) is 6.75. The third-order valence-electron chi connectivity index (χ3n) is 3.07. The molecule has 7 nitrogen and oxygen atoms in total. The lowest BCUT2D eigenvalue weighted by Gasteiger charge is -2.13. The Morgan fingerprint density at radius 1 is 1.27 bits per heavy atom. The van der Waals surface area contributed by atoms with E-state index in [1.807, 2.05) is 12.1 Å². The van der Waals surface area contributed by atoms with E-state index in [0.29, 0.717) is 28.5 Å². The predicted molar refractivity (Wildman–Crippen MR) is 81.9 cm³/mol.